The zero-order valence-electron chi connectivity index (χ0n) is 11.1. The third kappa shape index (κ3) is 3.21. The first kappa shape index (κ1) is 14.2. The van der Waals surface area contributed by atoms with Crippen LogP contribution in [0.1, 0.15) is 45.6 Å². The number of carbonyl (C=O) groups excluding carboxylic acids is 1. The minimum Gasteiger partial charge on any atom is -0.476 e. The number of amides is 1. The monoisotopic (exact) mass is 290 g/mol. The molecule has 0 fully saturated rings. The molecule has 1 amide bonds. The maximum absolute atomic E-state index is 11.9. The molecule has 1 heterocycles. The third-order valence-corrected chi connectivity index (χ3v) is 3.59. The first-order chi connectivity index (χ1) is 9.47. The fourth-order valence-corrected chi connectivity index (χ4v) is 2.30. The average Bonchev–Trinajstić information content (AvgIpc) is 2.89. The third-order valence-electron chi connectivity index (χ3n) is 2.75. The molecule has 0 aliphatic heterocycles. The molecule has 2 aromatic rings. The lowest BCUT2D eigenvalue weighted by Crippen LogP contribution is -2.12. The molecule has 1 aromatic heterocycles. The van der Waals surface area contributed by atoms with Crippen molar-refractivity contribution in [1.29, 1.82) is 0 Å². The van der Waals surface area contributed by atoms with E-state index in [9.17, 15) is 9.59 Å². The molecule has 1 aromatic carbocycles. The SMILES string of the molecule is CC(C)c1ccc(NC(=O)c2nc(C(=O)O)cs2)cc1. The van der Waals surface area contributed by atoms with Gasteiger partial charge in [-0.1, -0.05) is 26.0 Å². The summed E-state index contributed by atoms with van der Waals surface area (Å²) in [6.45, 7) is 4.19. The second-order valence-electron chi connectivity index (χ2n) is 4.57. The second-order valence-corrected chi connectivity index (χ2v) is 5.43. The summed E-state index contributed by atoms with van der Waals surface area (Å²) in [6.07, 6.45) is 0. The van der Waals surface area contributed by atoms with E-state index >= 15 is 0 Å². The molecule has 0 bridgehead atoms. The van der Waals surface area contributed by atoms with Crippen molar-refractivity contribution in [3.05, 3.63) is 45.9 Å². The lowest BCUT2D eigenvalue weighted by atomic mass is 10.0. The predicted octanol–water partition coefficient (Wildman–Crippen LogP) is 3.22. The lowest BCUT2D eigenvalue weighted by molar-refractivity contribution is 0.0691. The quantitative estimate of drug-likeness (QED) is 0.906. The minimum absolute atomic E-state index is 0.115. The van der Waals surface area contributed by atoms with Crippen LogP contribution in [0.5, 0.6) is 0 Å². The number of carboxylic acids is 1. The zero-order valence-corrected chi connectivity index (χ0v) is 11.9. The number of rotatable bonds is 4. The molecule has 20 heavy (non-hydrogen) atoms. The van der Waals surface area contributed by atoms with Crippen molar-refractivity contribution >= 4 is 28.9 Å². The van der Waals surface area contributed by atoms with Gasteiger partial charge in [0, 0.05) is 11.1 Å². The highest BCUT2D eigenvalue weighted by molar-refractivity contribution is 7.12. The van der Waals surface area contributed by atoms with E-state index in [-0.39, 0.29) is 10.7 Å². The maximum Gasteiger partial charge on any atom is 0.355 e. The van der Waals surface area contributed by atoms with Crippen LogP contribution in [0.3, 0.4) is 0 Å². The highest BCUT2D eigenvalue weighted by atomic mass is 32.1. The molecule has 0 spiro atoms. The number of nitrogens with zero attached hydrogens (tertiary/aromatic N) is 1. The summed E-state index contributed by atoms with van der Waals surface area (Å²) in [5.41, 5.74) is 1.73. The van der Waals surface area contributed by atoms with Gasteiger partial charge in [-0.25, -0.2) is 9.78 Å². The second kappa shape index (κ2) is 5.83. The number of nitrogens with one attached hydrogen (secondary N) is 1. The first-order valence-corrected chi connectivity index (χ1v) is 6.95. The summed E-state index contributed by atoms with van der Waals surface area (Å²) in [4.78, 5) is 26.4. The number of aromatic carboxylic acids is 1. The fraction of sp³-hybridized carbons (Fsp3) is 0.214. The number of anilines is 1. The Morgan fingerprint density at radius 2 is 1.90 bits per heavy atom. The van der Waals surface area contributed by atoms with Gasteiger partial charge >= 0.3 is 5.97 Å². The van der Waals surface area contributed by atoms with Crippen molar-refractivity contribution in [2.24, 2.45) is 0 Å². The molecule has 2 rings (SSSR count). The van der Waals surface area contributed by atoms with Crippen LogP contribution in [0, 0.1) is 0 Å². The highest BCUT2D eigenvalue weighted by Gasteiger charge is 2.14. The number of carboxylic acid groups (broad SMARTS) is 1. The van der Waals surface area contributed by atoms with Gasteiger partial charge in [-0.05, 0) is 23.6 Å². The largest absolute Gasteiger partial charge is 0.476 e. The van der Waals surface area contributed by atoms with E-state index < -0.39 is 11.9 Å². The van der Waals surface area contributed by atoms with Gasteiger partial charge < -0.3 is 10.4 Å². The number of hydrogen-bond acceptors (Lipinski definition) is 4. The summed E-state index contributed by atoms with van der Waals surface area (Å²) in [7, 11) is 0. The molecule has 0 saturated carbocycles. The minimum atomic E-state index is -1.14. The van der Waals surface area contributed by atoms with Crippen LogP contribution < -0.4 is 5.32 Å². The van der Waals surface area contributed by atoms with E-state index in [2.05, 4.69) is 24.1 Å². The van der Waals surface area contributed by atoms with E-state index in [1.807, 2.05) is 24.3 Å². The van der Waals surface area contributed by atoms with Crippen molar-refractivity contribution in [2.75, 3.05) is 5.32 Å². The normalized spacial score (nSPS) is 10.6. The zero-order chi connectivity index (χ0) is 14.7. The predicted molar refractivity (Wildman–Crippen MR) is 77.6 cm³/mol. The topological polar surface area (TPSA) is 79.3 Å². The van der Waals surface area contributed by atoms with Gasteiger partial charge in [0.15, 0.2) is 10.7 Å². The summed E-state index contributed by atoms with van der Waals surface area (Å²) in [6, 6.07) is 7.54. The van der Waals surface area contributed by atoms with Crippen LogP contribution >= 0.6 is 11.3 Å². The Bertz CT molecular complexity index is 632. The van der Waals surface area contributed by atoms with Crippen LogP contribution in [-0.4, -0.2) is 22.0 Å². The maximum atomic E-state index is 11.9. The van der Waals surface area contributed by atoms with Crippen LogP contribution in [0.15, 0.2) is 29.6 Å². The molecule has 2 N–H and O–H groups in total. The molecule has 0 aliphatic carbocycles. The Balaban J connectivity index is 2.08. The molecule has 6 heteroatoms. The van der Waals surface area contributed by atoms with E-state index in [0.717, 1.165) is 11.3 Å². The van der Waals surface area contributed by atoms with Crippen molar-refractivity contribution in [2.45, 2.75) is 19.8 Å². The van der Waals surface area contributed by atoms with E-state index in [0.29, 0.717) is 11.6 Å². The van der Waals surface area contributed by atoms with Crippen LogP contribution in [-0.2, 0) is 0 Å². The highest BCUT2D eigenvalue weighted by Crippen LogP contribution is 2.18. The van der Waals surface area contributed by atoms with Gasteiger partial charge in [-0.3, -0.25) is 4.79 Å². The van der Waals surface area contributed by atoms with Crippen molar-refractivity contribution < 1.29 is 14.7 Å². The number of benzene rings is 1. The van der Waals surface area contributed by atoms with Gasteiger partial charge in [-0.15, -0.1) is 11.3 Å². The van der Waals surface area contributed by atoms with Gasteiger partial charge in [0.1, 0.15) is 0 Å². The molecule has 0 aliphatic rings. The van der Waals surface area contributed by atoms with Crippen LogP contribution in [0.25, 0.3) is 0 Å². The molecule has 104 valence electrons. The van der Waals surface area contributed by atoms with Crippen molar-refractivity contribution in [3.63, 3.8) is 0 Å². The summed E-state index contributed by atoms with van der Waals surface area (Å²) >= 11 is 1.01. The van der Waals surface area contributed by atoms with Gasteiger partial charge in [0.2, 0.25) is 0 Å². The van der Waals surface area contributed by atoms with E-state index in [1.165, 1.54) is 10.9 Å². The van der Waals surface area contributed by atoms with Crippen molar-refractivity contribution in [1.82, 2.24) is 4.98 Å². The van der Waals surface area contributed by atoms with Crippen LogP contribution in [0.2, 0.25) is 0 Å². The smallest absolute Gasteiger partial charge is 0.355 e. The molecule has 0 atom stereocenters. The molecule has 5 nitrogen and oxygen atoms in total. The number of hydrogen-bond donors (Lipinski definition) is 2. The summed E-state index contributed by atoms with van der Waals surface area (Å²) in [5, 5.41) is 12.9. The fourth-order valence-electron chi connectivity index (χ4n) is 1.61. The Labute approximate surface area is 120 Å². The van der Waals surface area contributed by atoms with Crippen LogP contribution in [0.4, 0.5) is 5.69 Å². The standard InChI is InChI=1S/C14H14N2O3S/c1-8(2)9-3-5-10(6-4-9)15-12(17)13-16-11(7-20-13)14(18)19/h3-8H,1-2H3,(H,15,17)(H,18,19). The number of thiazole rings is 1. The molecular formula is C14H14N2O3S. The molecular weight excluding hydrogens is 276 g/mol. The van der Waals surface area contributed by atoms with E-state index in [4.69, 9.17) is 5.11 Å². The summed E-state index contributed by atoms with van der Waals surface area (Å²) in [5.74, 6) is -1.11. The first-order valence-electron chi connectivity index (χ1n) is 6.07. The van der Waals surface area contributed by atoms with Gasteiger partial charge in [0.05, 0.1) is 0 Å². The molecule has 0 radical (unpaired) electrons. The van der Waals surface area contributed by atoms with Gasteiger partial charge in [-0.2, -0.15) is 0 Å². The Hall–Kier alpha value is -2.21. The Morgan fingerprint density at radius 1 is 1.25 bits per heavy atom. The Kier molecular flexibility index (Phi) is 4.14. The van der Waals surface area contributed by atoms with Gasteiger partial charge in [0.25, 0.3) is 5.91 Å². The lowest BCUT2D eigenvalue weighted by Gasteiger charge is -2.07. The summed E-state index contributed by atoms with van der Waals surface area (Å²) < 4.78 is 0. The Morgan fingerprint density at radius 3 is 2.40 bits per heavy atom. The molecule has 0 unspecified atom stereocenters. The van der Waals surface area contributed by atoms with Crippen molar-refractivity contribution in [3.8, 4) is 0 Å². The number of aromatic nitrogens is 1. The van der Waals surface area contributed by atoms with E-state index in [1.54, 1.807) is 0 Å². The number of carbonyl (C=O) groups is 2. The average molecular weight is 290 g/mol. The molecule has 0 saturated heterocycles.